The molecule has 1 N–H and O–H groups in total. The van der Waals surface area contributed by atoms with Gasteiger partial charge in [0.05, 0.1) is 18.1 Å². The molecule has 0 bridgehead atoms. The molecule has 0 spiro atoms. The topological polar surface area (TPSA) is 46.5 Å². The molecule has 2 rings (SSSR count). The second-order valence-electron chi connectivity index (χ2n) is 5.50. The first kappa shape index (κ1) is 16.7. The van der Waals surface area contributed by atoms with Gasteiger partial charge >= 0.3 is 5.97 Å². The van der Waals surface area contributed by atoms with Crippen molar-refractivity contribution in [3.8, 4) is 0 Å². The molecule has 0 aliphatic heterocycles. The highest BCUT2D eigenvalue weighted by Crippen LogP contribution is 2.36. The molecule has 0 amide bonds. The molecule has 0 atom stereocenters. The average Bonchev–Trinajstić information content (AvgIpc) is 2.46. The molecule has 0 radical (unpaired) electrons. The maximum atomic E-state index is 11.7. The summed E-state index contributed by atoms with van der Waals surface area (Å²) in [5.74, 6) is 0.450. The van der Waals surface area contributed by atoms with Crippen molar-refractivity contribution in [1.29, 1.82) is 0 Å². The third-order valence-corrected chi connectivity index (χ3v) is 5.34. The number of carbonyl (C=O) groups is 1. The number of thioether (sulfide) groups is 1. The van der Waals surface area contributed by atoms with E-state index in [4.69, 9.17) is 16.3 Å². The summed E-state index contributed by atoms with van der Waals surface area (Å²) in [5, 5.41) is 11.3. The summed E-state index contributed by atoms with van der Waals surface area (Å²) >= 11 is 7.57. The third kappa shape index (κ3) is 4.90. The second kappa shape index (κ2) is 7.52. The van der Waals surface area contributed by atoms with Crippen LogP contribution in [0.2, 0.25) is 5.02 Å². The van der Waals surface area contributed by atoms with E-state index in [9.17, 15) is 9.90 Å². The predicted octanol–water partition coefficient (Wildman–Crippen LogP) is 3.92. The van der Waals surface area contributed by atoms with E-state index in [0.717, 1.165) is 4.90 Å². The van der Waals surface area contributed by atoms with Crippen LogP contribution in [0.3, 0.4) is 0 Å². The van der Waals surface area contributed by atoms with Gasteiger partial charge in [-0.3, -0.25) is 4.79 Å². The average molecular weight is 329 g/mol. The van der Waals surface area contributed by atoms with Crippen LogP contribution in [0, 0.1) is 5.92 Å². The minimum absolute atomic E-state index is 0.0543. The fourth-order valence-corrected chi connectivity index (χ4v) is 3.93. The fraction of sp³-hybridized carbons (Fsp3) is 0.562. The molecule has 5 heteroatoms. The molecule has 0 heterocycles. The molecule has 1 fully saturated rings. The lowest BCUT2D eigenvalue weighted by molar-refractivity contribution is -0.150. The summed E-state index contributed by atoms with van der Waals surface area (Å²) in [7, 11) is 0. The molecule has 21 heavy (non-hydrogen) atoms. The summed E-state index contributed by atoms with van der Waals surface area (Å²) in [5.41, 5.74) is -0.698. The van der Waals surface area contributed by atoms with E-state index in [1.165, 1.54) is 0 Å². The van der Waals surface area contributed by atoms with Crippen LogP contribution >= 0.6 is 23.4 Å². The number of esters is 1. The summed E-state index contributed by atoms with van der Waals surface area (Å²) < 4.78 is 5.05. The lowest BCUT2D eigenvalue weighted by Gasteiger charge is -2.34. The maximum absolute atomic E-state index is 11.7. The SMILES string of the molecule is CCOC(=O)C1CCC(O)(CSc2cccc(Cl)c2)CC1. The van der Waals surface area contributed by atoms with E-state index in [1.807, 2.05) is 31.2 Å². The third-order valence-electron chi connectivity index (χ3n) is 3.84. The van der Waals surface area contributed by atoms with Crippen molar-refractivity contribution in [3.05, 3.63) is 29.3 Å². The van der Waals surface area contributed by atoms with Gasteiger partial charge in [0, 0.05) is 15.7 Å². The van der Waals surface area contributed by atoms with Gasteiger partial charge in [-0.2, -0.15) is 0 Å². The van der Waals surface area contributed by atoms with E-state index in [1.54, 1.807) is 11.8 Å². The highest BCUT2D eigenvalue weighted by Gasteiger charge is 2.36. The molecular weight excluding hydrogens is 308 g/mol. The standard InChI is InChI=1S/C16H21ClO3S/c1-2-20-15(18)12-6-8-16(19,9-7-12)11-21-14-5-3-4-13(17)10-14/h3-5,10,12,19H,2,6-9,11H2,1H3. The van der Waals surface area contributed by atoms with Crippen LogP contribution in [0.1, 0.15) is 32.6 Å². The van der Waals surface area contributed by atoms with Gasteiger partial charge in [-0.05, 0) is 50.8 Å². The Kier molecular flexibility index (Phi) is 5.97. The number of hydrogen-bond donors (Lipinski definition) is 1. The minimum Gasteiger partial charge on any atom is -0.466 e. The minimum atomic E-state index is -0.698. The van der Waals surface area contributed by atoms with Crippen molar-refractivity contribution in [2.45, 2.75) is 43.1 Å². The lowest BCUT2D eigenvalue weighted by atomic mass is 9.80. The largest absolute Gasteiger partial charge is 0.466 e. The van der Waals surface area contributed by atoms with E-state index < -0.39 is 5.60 Å². The van der Waals surface area contributed by atoms with Crippen molar-refractivity contribution in [1.82, 2.24) is 0 Å². The Balaban J connectivity index is 1.83. The number of benzene rings is 1. The van der Waals surface area contributed by atoms with Crippen LogP contribution in [0.25, 0.3) is 0 Å². The summed E-state index contributed by atoms with van der Waals surface area (Å²) in [6.45, 7) is 2.24. The molecular formula is C16H21ClO3S. The van der Waals surface area contributed by atoms with Gasteiger partial charge in [0.1, 0.15) is 0 Å². The van der Waals surface area contributed by atoms with Crippen LogP contribution in [0.5, 0.6) is 0 Å². The van der Waals surface area contributed by atoms with Crippen LogP contribution in [-0.4, -0.2) is 29.0 Å². The molecule has 0 saturated heterocycles. The van der Waals surface area contributed by atoms with E-state index in [2.05, 4.69) is 0 Å². The molecule has 116 valence electrons. The number of ether oxygens (including phenoxy) is 1. The lowest BCUT2D eigenvalue weighted by Crippen LogP contribution is -2.38. The molecule has 1 aromatic rings. The Bertz CT molecular complexity index is 484. The molecule has 0 unspecified atom stereocenters. The van der Waals surface area contributed by atoms with Gasteiger partial charge in [0.25, 0.3) is 0 Å². The van der Waals surface area contributed by atoms with Crippen molar-refractivity contribution in [2.24, 2.45) is 5.92 Å². The van der Waals surface area contributed by atoms with Crippen molar-refractivity contribution in [3.63, 3.8) is 0 Å². The smallest absolute Gasteiger partial charge is 0.308 e. The molecule has 1 aromatic carbocycles. The Morgan fingerprint density at radius 3 is 2.81 bits per heavy atom. The van der Waals surface area contributed by atoms with Crippen molar-refractivity contribution in [2.75, 3.05) is 12.4 Å². The first-order chi connectivity index (χ1) is 10.0. The summed E-state index contributed by atoms with van der Waals surface area (Å²) in [6.07, 6.45) is 2.69. The molecule has 0 aromatic heterocycles. The fourth-order valence-electron chi connectivity index (χ4n) is 2.57. The van der Waals surface area contributed by atoms with Gasteiger partial charge in [-0.1, -0.05) is 17.7 Å². The van der Waals surface area contributed by atoms with Gasteiger partial charge in [-0.25, -0.2) is 0 Å². The Morgan fingerprint density at radius 2 is 2.19 bits per heavy atom. The van der Waals surface area contributed by atoms with E-state index in [-0.39, 0.29) is 11.9 Å². The predicted molar refractivity (Wildman–Crippen MR) is 85.7 cm³/mol. The Morgan fingerprint density at radius 1 is 1.48 bits per heavy atom. The van der Waals surface area contributed by atoms with Crippen LogP contribution < -0.4 is 0 Å². The van der Waals surface area contributed by atoms with Crippen LogP contribution in [0.15, 0.2) is 29.2 Å². The molecule has 1 aliphatic carbocycles. The number of aliphatic hydroxyl groups is 1. The van der Waals surface area contributed by atoms with Crippen LogP contribution in [-0.2, 0) is 9.53 Å². The van der Waals surface area contributed by atoms with Crippen LogP contribution in [0.4, 0.5) is 0 Å². The quantitative estimate of drug-likeness (QED) is 0.657. The van der Waals surface area contributed by atoms with E-state index >= 15 is 0 Å². The van der Waals surface area contributed by atoms with Crippen molar-refractivity contribution < 1.29 is 14.6 Å². The van der Waals surface area contributed by atoms with Gasteiger partial charge < -0.3 is 9.84 Å². The zero-order valence-electron chi connectivity index (χ0n) is 12.2. The molecule has 3 nitrogen and oxygen atoms in total. The first-order valence-corrected chi connectivity index (χ1v) is 8.66. The highest BCUT2D eigenvalue weighted by molar-refractivity contribution is 7.99. The monoisotopic (exact) mass is 328 g/mol. The maximum Gasteiger partial charge on any atom is 0.308 e. The normalized spacial score (nSPS) is 25.6. The summed E-state index contributed by atoms with van der Waals surface area (Å²) in [4.78, 5) is 12.8. The van der Waals surface area contributed by atoms with Gasteiger partial charge in [0.15, 0.2) is 0 Å². The van der Waals surface area contributed by atoms with E-state index in [0.29, 0.717) is 43.1 Å². The molecule has 1 saturated carbocycles. The highest BCUT2D eigenvalue weighted by atomic mass is 35.5. The Hall–Kier alpha value is -0.710. The summed E-state index contributed by atoms with van der Waals surface area (Å²) in [6, 6.07) is 7.64. The molecule has 1 aliphatic rings. The number of halogens is 1. The second-order valence-corrected chi connectivity index (χ2v) is 6.98. The number of carbonyl (C=O) groups excluding carboxylic acids is 1. The number of rotatable bonds is 5. The zero-order chi connectivity index (χ0) is 15.3. The van der Waals surface area contributed by atoms with Gasteiger partial charge in [-0.15, -0.1) is 11.8 Å². The Labute approximate surface area is 135 Å². The zero-order valence-corrected chi connectivity index (χ0v) is 13.8. The van der Waals surface area contributed by atoms with Gasteiger partial charge in [0.2, 0.25) is 0 Å². The first-order valence-electron chi connectivity index (χ1n) is 7.30. The number of hydrogen-bond acceptors (Lipinski definition) is 4. The van der Waals surface area contributed by atoms with Crippen molar-refractivity contribution >= 4 is 29.3 Å².